The zero-order valence-corrected chi connectivity index (χ0v) is 10.9. The number of rotatable bonds is 5. The van der Waals surface area contributed by atoms with Gasteiger partial charge >= 0.3 is 18.4 Å². The summed E-state index contributed by atoms with van der Waals surface area (Å²) >= 11 is 5.77. The number of alkyl halides is 4. The molecule has 9 heteroatoms. The molecule has 0 fully saturated rings. The summed E-state index contributed by atoms with van der Waals surface area (Å²) in [5, 5.41) is 2.24. The molecule has 0 aliphatic heterocycles. The molecule has 0 saturated heterocycles. The minimum Gasteiger partial charge on any atom is -0.495 e. The van der Waals surface area contributed by atoms with Crippen molar-refractivity contribution < 1.29 is 31.8 Å². The highest BCUT2D eigenvalue weighted by Gasteiger charge is 2.42. The lowest BCUT2D eigenvalue weighted by molar-refractivity contribution is -0.153. The molecule has 1 N–H and O–H groups in total. The minimum absolute atomic E-state index is 0.140. The Balaban J connectivity index is 2.57. The van der Waals surface area contributed by atoms with Crippen molar-refractivity contribution in [1.29, 1.82) is 0 Å². The number of carbonyl (C=O) groups is 1. The minimum atomic E-state index is -4.39. The first kappa shape index (κ1) is 16.4. The Morgan fingerprint density at radius 3 is 2.60 bits per heavy atom. The van der Waals surface area contributed by atoms with E-state index in [1.807, 2.05) is 0 Å². The smallest absolute Gasteiger partial charge is 0.411 e. The molecular weight excluding hydrogens is 306 g/mol. The zero-order valence-electron chi connectivity index (χ0n) is 10.1. The molecule has 1 rings (SSSR count). The predicted molar refractivity (Wildman–Crippen MR) is 63.9 cm³/mol. The first-order chi connectivity index (χ1) is 9.26. The molecule has 0 spiro atoms. The summed E-state index contributed by atoms with van der Waals surface area (Å²) < 4.78 is 57.6. The van der Waals surface area contributed by atoms with Crippen LogP contribution in [0.3, 0.4) is 0 Å². The Morgan fingerprint density at radius 1 is 1.45 bits per heavy atom. The van der Waals surface area contributed by atoms with Crippen LogP contribution in [-0.2, 0) is 4.74 Å². The van der Waals surface area contributed by atoms with E-state index in [4.69, 9.17) is 16.3 Å². The van der Waals surface area contributed by atoms with Gasteiger partial charge in [-0.15, -0.1) is 0 Å². The first-order valence-corrected chi connectivity index (χ1v) is 5.57. The number of anilines is 1. The summed E-state index contributed by atoms with van der Waals surface area (Å²) in [7, 11) is 1.38. The van der Waals surface area contributed by atoms with Gasteiger partial charge in [0, 0.05) is 5.69 Å². The number of nitrogens with one attached hydrogen (secondary N) is 1. The Labute approximate surface area is 116 Å². The number of ether oxygens (including phenoxy) is 2. The summed E-state index contributed by atoms with van der Waals surface area (Å²) in [6.07, 6.45) is -5.21. The fraction of sp³-hybridized carbons (Fsp3) is 0.364. The average Bonchev–Trinajstić information content (AvgIpc) is 2.36. The maximum Gasteiger partial charge on any atom is 0.411 e. The fourth-order valence-electron chi connectivity index (χ4n) is 1.12. The number of carbonyl (C=O) groups excluding carboxylic acids is 1. The molecule has 1 aromatic rings. The van der Waals surface area contributed by atoms with Gasteiger partial charge in [-0.1, -0.05) is 11.6 Å². The van der Waals surface area contributed by atoms with Crippen LogP contribution in [0.4, 0.5) is 28.0 Å². The van der Waals surface area contributed by atoms with E-state index in [-0.39, 0.29) is 10.7 Å². The molecule has 0 bridgehead atoms. The number of methoxy groups -OCH3 is 1. The second-order valence-corrected chi connectivity index (χ2v) is 4.02. The van der Waals surface area contributed by atoms with Gasteiger partial charge in [0.2, 0.25) is 0 Å². The van der Waals surface area contributed by atoms with E-state index in [9.17, 15) is 22.4 Å². The van der Waals surface area contributed by atoms with E-state index in [1.165, 1.54) is 25.3 Å². The lowest BCUT2D eigenvalue weighted by Crippen LogP contribution is -2.34. The van der Waals surface area contributed by atoms with Gasteiger partial charge in [-0.3, -0.25) is 5.32 Å². The van der Waals surface area contributed by atoms with E-state index < -0.39 is 25.0 Å². The standard InChI is InChI=1S/C11H10ClF4NO3/c1-19-8-3-2-6(4-7(8)12)17-10(18)20-5-11(15,16)9(13)14/h2-4,9H,5H2,1H3,(H,17,18). The Kier molecular flexibility index (Phi) is 5.43. The molecule has 0 heterocycles. The molecule has 0 saturated carbocycles. The van der Waals surface area contributed by atoms with Crippen molar-refractivity contribution in [3.8, 4) is 5.75 Å². The number of halogens is 5. The van der Waals surface area contributed by atoms with Crippen molar-refractivity contribution in [3.63, 3.8) is 0 Å². The van der Waals surface area contributed by atoms with E-state index in [0.29, 0.717) is 5.75 Å². The van der Waals surface area contributed by atoms with Gasteiger partial charge in [-0.25, -0.2) is 13.6 Å². The fourth-order valence-corrected chi connectivity index (χ4v) is 1.38. The maximum atomic E-state index is 12.5. The Morgan fingerprint density at radius 2 is 2.10 bits per heavy atom. The summed E-state index contributed by atoms with van der Waals surface area (Å²) in [6, 6.07) is 4.08. The number of hydrogen-bond donors (Lipinski definition) is 1. The van der Waals surface area contributed by atoms with E-state index in [1.54, 1.807) is 0 Å². The van der Waals surface area contributed by atoms with Crippen molar-refractivity contribution in [1.82, 2.24) is 0 Å². The largest absolute Gasteiger partial charge is 0.495 e. The molecular formula is C11H10ClF4NO3. The van der Waals surface area contributed by atoms with Crippen molar-refractivity contribution in [2.45, 2.75) is 12.3 Å². The van der Waals surface area contributed by atoms with E-state index in [0.717, 1.165) is 0 Å². The van der Waals surface area contributed by atoms with Crippen LogP contribution >= 0.6 is 11.6 Å². The van der Waals surface area contributed by atoms with E-state index >= 15 is 0 Å². The number of hydrogen-bond acceptors (Lipinski definition) is 3. The van der Waals surface area contributed by atoms with Gasteiger partial charge in [0.15, 0.2) is 6.61 Å². The first-order valence-electron chi connectivity index (χ1n) is 5.19. The van der Waals surface area contributed by atoms with Crippen LogP contribution < -0.4 is 10.1 Å². The Bertz CT molecular complexity index is 485. The third-order valence-electron chi connectivity index (χ3n) is 2.11. The molecule has 0 aliphatic rings. The second-order valence-electron chi connectivity index (χ2n) is 3.61. The van der Waals surface area contributed by atoms with E-state index in [2.05, 4.69) is 10.1 Å². The van der Waals surface area contributed by atoms with Crippen LogP contribution in [0.5, 0.6) is 5.75 Å². The molecule has 112 valence electrons. The third kappa shape index (κ3) is 4.44. The van der Waals surface area contributed by atoms with Crippen LogP contribution in [0.15, 0.2) is 18.2 Å². The molecule has 0 aromatic heterocycles. The van der Waals surface area contributed by atoms with Crippen molar-refractivity contribution in [3.05, 3.63) is 23.2 Å². The van der Waals surface area contributed by atoms with Gasteiger partial charge in [0.1, 0.15) is 5.75 Å². The van der Waals surface area contributed by atoms with Crippen LogP contribution in [-0.4, -0.2) is 32.2 Å². The lowest BCUT2D eigenvalue weighted by Gasteiger charge is -2.15. The molecule has 20 heavy (non-hydrogen) atoms. The van der Waals surface area contributed by atoms with Gasteiger partial charge in [-0.2, -0.15) is 8.78 Å². The van der Waals surface area contributed by atoms with Gasteiger partial charge < -0.3 is 9.47 Å². The molecule has 1 aromatic carbocycles. The molecule has 1 amide bonds. The second kappa shape index (κ2) is 6.65. The van der Waals surface area contributed by atoms with Crippen LogP contribution in [0.1, 0.15) is 0 Å². The zero-order chi connectivity index (χ0) is 15.3. The summed E-state index contributed by atoms with van der Waals surface area (Å²) in [5.41, 5.74) is 0.140. The van der Waals surface area contributed by atoms with Crippen LogP contribution in [0.25, 0.3) is 0 Å². The van der Waals surface area contributed by atoms with Gasteiger partial charge in [0.25, 0.3) is 0 Å². The Hall–Kier alpha value is -1.70. The van der Waals surface area contributed by atoms with Crippen molar-refractivity contribution in [2.75, 3.05) is 19.0 Å². The monoisotopic (exact) mass is 315 g/mol. The van der Waals surface area contributed by atoms with Crippen molar-refractivity contribution >= 4 is 23.4 Å². The molecule has 0 aliphatic carbocycles. The molecule has 0 atom stereocenters. The van der Waals surface area contributed by atoms with Crippen molar-refractivity contribution in [2.24, 2.45) is 0 Å². The average molecular weight is 316 g/mol. The molecule has 0 unspecified atom stereocenters. The van der Waals surface area contributed by atoms with Crippen LogP contribution in [0.2, 0.25) is 5.02 Å². The number of amides is 1. The molecule has 4 nitrogen and oxygen atoms in total. The number of benzene rings is 1. The molecule has 0 radical (unpaired) electrons. The maximum absolute atomic E-state index is 12.5. The topological polar surface area (TPSA) is 47.6 Å². The quantitative estimate of drug-likeness (QED) is 0.841. The summed E-state index contributed by atoms with van der Waals surface area (Å²) in [5.74, 6) is -4.05. The summed E-state index contributed by atoms with van der Waals surface area (Å²) in [4.78, 5) is 11.2. The highest BCUT2D eigenvalue weighted by Crippen LogP contribution is 2.27. The lowest BCUT2D eigenvalue weighted by atomic mass is 10.3. The SMILES string of the molecule is COc1ccc(NC(=O)OCC(F)(F)C(F)F)cc1Cl. The van der Waals surface area contributed by atoms with Gasteiger partial charge in [0.05, 0.1) is 12.1 Å². The third-order valence-corrected chi connectivity index (χ3v) is 2.41. The van der Waals surface area contributed by atoms with Crippen LogP contribution in [0, 0.1) is 0 Å². The highest BCUT2D eigenvalue weighted by molar-refractivity contribution is 6.32. The predicted octanol–water partition coefficient (Wildman–Crippen LogP) is 3.80. The summed E-state index contributed by atoms with van der Waals surface area (Å²) in [6.45, 7) is -1.72. The van der Waals surface area contributed by atoms with Gasteiger partial charge in [-0.05, 0) is 18.2 Å². The highest BCUT2D eigenvalue weighted by atomic mass is 35.5. The normalized spacial score (nSPS) is 11.3.